The highest BCUT2D eigenvalue weighted by Gasteiger charge is 2.36. The van der Waals surface area contributed by atoms with E-state index in [1.165, 1.54) is 109 Å². The summed E-state index contributed by atoms with van der Waals surface area (Å²) in [5.74, 6) is 0. The smallest absolute Gasteiger partial charge is 0.0544 e. The molecule has 10 rings (SSSR count). The predicted molar refractivity (Wildman–Crippen MR) is 231 cm³/mol. The summed E-state index contributed by atoms with van der Waals surface area (Å²) in [5, 5.41) is 5.19. The van der Waals surface area contributed by atoms with Gasteiger partial charge in [-0.1, -0.05) is 135 Å². The van der Waals surface area contributed by atoms with E-state index in [-0.39, 0.29) is 5.41 Å². The van der Waals surface area contributed by atoms with E-state index < -0.39 is 0 Å². The van der Waals surface area contributed by atoms with Crippen molar-refractivity contribution in [3.8, 4) is 39.1 Å². The van der Waals surface area contributed by atoms with Crippen molar-refractivity contribution in [3.63, 3.8) is 0 Å². The first-order valence-corrected chi connectivity index (χ1v) is 19.7. The van der Waals surface area contributed by atoms with E-state index in [0.717, 1.165) is 0 Å². The average molecular weight is 712 g/mol. The van der Waals surface area contributed by atoms with Gasteiger partial charge in [0.2, 0.25) is 0 Å². The Kier molecular flexibility index (Phi) is 7.51. The lowest BCUT2D eigenvalue weighted by atomic mass is 9.82. The topological polar surface area (TPSA) is 4.93 Å². The van der Waals surface area contributed by atoms with Crippen LogP contribution in [0.25, 0.3) is 71.6 Å². The lowest BCUT2D eigenvalue weighted by Crippen LogP contribution is -2.14. The van der Waals surface area contributed by atoms with Crippen molar-refractivity contribution in [1.29, 1.82) is 0 Å². The number of aromatic nitrogens is 1. The number of benzene rings is 8. The fraction of sp³-hybridized carbons (Fsp3) is 0.115. The molecule has 0 atom stereocenters. The molecular formula is C52H41NS. The minimum atomic E-state index is -0.0646. The first kappa shape index (κ1) is 32.8. The Morgan fingerprint density at radius 2 is 1.15 bits per heavy atom. The van der Waals surface area contributed by atoms with Gasteiger partial charge in [0.05, 0.1) is 11.0 Å². The van der Waals surface area contributed by atoms with Gasteiger partial charge in [-0.2, -0.15) is 0 Å². The molecule has 0 saturated heterocycles. The fourth-order valence-corrected chi connectivity index (χ4v) is 10.1. The lowest BCUT2D eigenvalue weighted by Gasteiger charge is -2.21. The summed E-state index contributed by atoms with van der Waals surface area (Å²) < 4.78 is 2.46. The normalized spacial score (nSPS) is 13.1. The Morgan fingerprint density at radius 3 is 2.00 bits per heavy atom. The molecule has 0 spiro atoms. The first-order valence-electron chi connectivity index (χ1n) is 18.9. The second kappa shape index (κ2) is 12.4. The Bertz CT molecular complexity index is 2960. The zero-order chi connectivity index (χ0) is 36.7. The zero-order valence-electron chi connectivity index (χ0n) is 31.4. The molecule has 260 valence electrons. The third-order valence-electron chi connectivity index (χ3n) is 11.9. The van der Waals surface area contributed by atoms with E-state index in [0.29, 0.717) is 0 Å². The summed E-state index contributed by atoms with van der Waals surface area (Å²) >= 11 is 1.88. The van der Waals surface area contributed by atoms with Gasteiger partial charge in [0, 0.05) is 31.7 Å². The Morgan fingerprint density at radius 1 is 0.463 bits per heavy atom. The largest absolute Gasteiger partial charge is 0.309 e. The molecule has 1 aliphatic carbocycles. The maximum atomic E-state index is 2.47. The number of para-hydroxylation sites is 1. The second-order valence-electron chi connectivity index (χ2n) is 15.5. The molecular weight excluding hydrogens is 671 g/mol. The highest BCUT2D eigenvalue weighted by Crippen LogP contribution is 2.51. The van der Waals surface area contributed by atoms with Gasteiger partial charge in [-0.15, -0.1) is 0 Å². The van der Waals surface area contributed by atoms with Crippen LogP contribution in [0, 0.1) is 20.8 Å². The highest BCUT2D eigenvalue weighted by atomic mass is 32.2. The third-order valence-corrected chi connectivity index (χ3v) is 13.2. The van der Waals surface area contributed by atoms with Crippen molar-refractivity contribution in [2.24, 2.45) is 0 Å². The van der Waals surface area contributed by atoms with Crippen LogP contribution < -0.4 is 0 Å². The molecule has 0 unspecified atom stereocenters. The summed E-state index contributed by atoms with van der Waals surface area (Å²) in [6, 6.07) is 58.8. The highest BCUT2D eigenvalue weighted by molar-refractivity contribution is 7.99. The van der Waals surface area contributed by atoms with Gasteiger partial charge in [0.15, 0.2) is 0 Å². The molecule has 1 heterocycles. The number of hydrogen-bond donors (Lipinski definition) is 0. The maximum Gasteiger partial charge on any atom is 0.0544 e. The van der Waals surface area contributed by atoms with Crippen LogP contribution >= 0.6 is 11.8 Å². The molecule has 0 radical (unpaired) electrons. The standard InChI is InChI=1S/C52H41NS/c1-32-24-25-37(29-50(32)54-49-23-13-20-39(34(49)3)41-21-12-16-35-15-11-14-33(2)51(35)41)36-26-27-47-43(28-36)44-30-42-40-19-9-10-22-45(40)52(4,5)46(42)31-48(44)53(47)38-17-7-6-8-18-38/h6-31H,1-5H3. The van der Waals surface area contributed by atoms with Crippen molar-refractivity contribution in [3.05, 3.63) is 186 Å². The van der Waals surface area contributed by atoms with E-state index in [1.54, 1.807) is 0 Å². The summed E-state index contributed by atoms with van der Waals surface area (Å²) in [6.07, 6.45) is 0. The summed E-state index contributed by atoms with van der Waals surface area (Å²) in [6.45, 7) is 11.5. The number of rotatable bonds is 5. The van der Waals surface area contributed by atoms with Crippen LogP contribution in [0.5, 0.6) is 0 Å². The van der Waals surface area contributed by atoms with Gasteiger partial charge in [0.1, 0.15) is 0 Å². The maximum absolute atomic E-state index is 2.47. The Hall–Kier alpha value is -5.83. The molecule has 0 N–H and O–H groups in total. The quantitative estimate of drug-likeness (QED) is 0.172. The SMILES string of the molecule is Cc1ccc(-c2ccc3c(c2)c2cc4c(cc2n3-c2ccccc2)C(C)(C)c2ccccc2-4)cc1Sc1cccc(-c2cccc3cccc(C)c23)c1C. The molecule has 1 aliphatic rings. The van der Waals surface area contributed by atoms with Gasteiger partial charge in [-0.25, -0.2) is 0 Å². The van der Waals surface area contributed by atoms with Gasteiger partial charge in [0.25, 0.3) is 0 Å². The molecule has 0 fully saturated rings. The van der Waals surface area contributed by atoms with E-state index in [1.807, 2.05) is 11.8 Å². The number of fused-ring (bicyclic) bond motifs is 7. The van der Waals surface area contributed by atoms with Crippen molar-refractivity contribution in [1.82, 2.24) is 4.57 Å². The van der Waals surface area contributed by atoms with E-state index in [4.69, 9.17) is 0 Å². The van der Waals surface area contributed by atoms with Crippen LogP contribution in [-0.4, -0.2) is 4.57 Å². The number of nitrogens with zero attached hydrogens (tertiary/aromatic N) is 1. The van der Waals surface area contributed by atoms with E-state index >= 15 is 0 Å². The molecule has 0 saturated carbocycles. The number of hydrogen-bond acceptors (Lipinski definition) is 1. The molecule has 0 aliphatic heterocycles. The minimum Gasteiger partial charge on any atom is -0.309 e. The zero-order valence-corrected chi connectivity index (χ0v) is 32.2. The second-order valence-corrected chi connectivity index (χ2v) is 16.6. The van der Waals surface area contributed by atoms with E-state index in [9.17, 15) is 0 Å². The lowest BCUT2D eigenvalue weighted by molar-refractivity contribution is 0.661. The van der Waals surface area contributed by atoms with Crippen LogP contribution in [0.2, 0.25) is 0 Å². The van der Waals surface area contributed by atoms with Crippen molar-refractivity contribution in [2.45, 2.75) is 49.8 Å². The van der Waals surface area contributed by atoms with Crippen LogP contribution in [0.15, 0.2) is 168 Å². The fourth-order valence-electron chi connectivity index (χ4n) is 9.03. The summed E-state index contributed by atoms with van der Waals surface area (Å²) in [5.41, 5.74) is 18.1. The molecule has 1 nitrogen and oxygen atoms in total. The van der Waals surface area contributed by atoms with Crippen LogP contribution in [0.1, 0.15) is 41.7 Å². The molecule has 0 bridgehead atoms. The van der Waals surface area contributed by atoms with Crippen LogP contribution in [0.3, 0.4) is 0 Å². The monoisotopic (exact) mass is 711 g/mol. The Balaban J connectivity index is 1.10. The molecule has 2 heteroatoms. The van der Waals surface area contributed by atoms with Crippen molar-refractivity contribution >= 4 is 44.3 Å². The summed E-state index contributed by atoms with van der Waals surface area (Å²) in [7, 11) is 0. The molecule has 9 aromatic rings. The molecule has 1 aromatic heterocycles. The van der Waals surface area contributed by atoms with E-state index in [2.05, 4.69) is 197 Å². The minimum absolute atomic E-state index is 0.0646. The summed E-state index contributed by atoms with van der Waals surface area (Å²) in [4.78, 5) is 2.57. The Labute approximate surface area is 321 Å². The number of aryl methyl sites for hydroxylation is 2. The van der Waals surface area contributed by atoms with Crippen LogP contribution in [0.4, 0.5) is 0 Å². The van der Waals surface area contributed by atoms with Gasteiger partial charge in [-0.05, 0) is 141 Å². The molecule has 0 amide bonds. The van der Waals surface area contributed by atoms with Crippen LogP contribution in [-0.2, 0) is 5.41 Å². The molecule has 8 aromatic carbocycles. The van der Waals surface area contributed by atoms with Crippen molar-refractivity contribution in [2.75, 3.05) is 0 Å². The van der Waals surface area contributed by atoms with Gasteiger partial charge >= 0.3 is 0 Å². The van der Waals surface area contributed by atoms with Gasteiger partial charge in [-0.3, -0.25) is 0 Å². The van der Waals surface area contributed by atoms with Crippen molar-refractivity contribution < 1.29 is 0 Å². The first-order chi connectivity index (χ1) is 26.3. The molecule has 54 heavy (non-hydrogen) atoms. The third kappa shape index (κ3) is 5.01. The average Bonchev–Trinajstić information content (AvgIpc) is 3.63. The van der Waals surface area contributed by atoms with Gasteiger partial charge < -0.3 is 4.57 Å². The predicted octanol–water partition coefficient (Wildman–Crippen LogP) is 14.7.